The molecule has 0 saturated carbocycles. The van der Waals surface area contributed by atoms with E-state index in [2.05, 4.69) is 5.32 Å². The van der Waals surface area contributed by atoms with Gasteiger partial charge in [0.2, 0.25) is 11.8 Å². The van der Waals surface area contributed by atoms with Crippen molar-refractivity contribution in [3.05, 3.63) is 94.5 Å². The lowest BCUT2D eigenvalue weighted by atomic mass is 10.1. The SMILES string of the molecule is CCNC(=O)C(C)N(Cc1ccccc1C)C(=O)CN(c1ccccc1Cl)S(=O)(=O)c1ccc(C)cc1. The summed E-state index contributed by atoms with van der Waals surface area (Å²) in [5, 5.41) is 2.94. The van der Waals surface area contributed by atoms with Crippen molar-refractivity contribution >= 4 is 39.1 Å². The summed E-state index contributed by atoms with van der Waals surface area (Å²) < 4.78 is 28.6. The fourth-order valence-electron chi connectivity index (χ4n) is 3.88. The minimum Gasteiger partial charge on any atom is -0.355 e. The molecule has 0 heterocycles. The van der Waals surface area contributed by atoms with E-state index in [0.717, 1.165) is 21.0 Å². The van der Waals surface area contributed by atoms with Gasteiger partial charge in [0.1, 0.15) is 12.6 Å². The number of para-hydroxylation sites is 1. The van der Waals surface area contributed by atoms with Crippen molar-refractivity contribution in [1.29, 1.82) is 0 Å². The van der Waals surface area contributed by atoms with E-state index >= 15 is 0 Å². The Morgan fingerprint density at radius 2 is 1.57 bits per heavy atom. The van der Waals surface area contributed by atoms with E-state index in [-0.39, 0.29) is 28.1 Å². The number of benzene rings is 3. The summed E-state index contributed by atoms with van der Waals surface area (Å²) in [7, 11) is -4.16. The van der Waals surface area contributed by atoms with Crippen LogP contribution in [-0.2, 0) is 26.2 Å². The van der Waals surface area contributed by atoms with Crippen molar-refractivity contribution in [1.82, 2.24) is 10.2 Å². The number of sulfonamides is 1. The van der Waals surface area contributed by atoms with Crippen LogP contribution in [0.25, 0.3) is 0 Å². The van der Waals surface area contributed by atoms with Crippen molar-refractivity contribution in [2.75, 3.05) is 17.4 Å². The van der Waals surface area contributed by atoms with Crippen LogP contribution in [0.3, 0.4) is 0 Å². The van der Waals surface area contributed by atoms with Crippen molar-refractivity contribution in [3.8, 4) is 0 Å². The Hall–Kier alpha value is -3.36. The second-order valence-corrected chi connectivity index (χ2v) is 11.1. The molecule has 3 rings (SSSR count). The van der Waals surface area contributed by atoms with Crippen LogP contribution >= 0.6 is 11.6 Å². The molecule has 1 atom stereocenters. The number of carbonyl (C=O) groups excluding carboxylic acids is 2. The van der Waals surface area contributed by atoms with Crippen LogP contribution in [0.1, 0.15) is 30.5 Å². The van der Waals surface area contributed by atoms with Gasteiger partial charge in [-0.25, -0.2) is 8.42 Å². The largest absolute Gasteiger partial charge is 0.355 e. The molecule has 1 unspecified atom stereocenters. The Labute approximate surface area is 224 Å². The minimum atomic E-state index is -4.16. The Morgan fingerprint density at radius 3 is 2.19 bits per heavy atom. The molecule has 3 aromatic carbocycles. The molecule has 1 N–H and O–H groups in total. The van der Waals surface area contributed by atoms with Gasteiger partial charge in [0.25, 0.3) is 10.0 Å². The van der Waals surface area contributed by atoms with Gasteiger partial charge in [-0.3, -0.25) is 13.9 Å². The van der Waals surface area contributed by atoms with Crippen LogP contribution in [0.5, 0.6) is 0 Å². The van der Waals surface area contributed by atoms with E-state index in [1.54, 1.807) is 50.2 Å². The van der Waals surface area contributed by atoms with Crippen molar-refractivity contribution in [3.63, 3.8) is 0 Å². The lowest BCUT2D eigenvalue weighted by Crippen LogP contribution is -2.51. The maximum Gasteiger partial charge on any atom is 0.264 e. The number of hydrogen-bond acceptors (Lipinski definition) is 4. The summed E-state index contributed by atoms with van der Waals surface area (Å²) in [6.45, 7) is 7.23. The zero-order valence-corrected chi connectivity index (χ0v) is 23.0. The van der Waals surface area contributed by atoms with Gasteiger partial charge in [-0.15, -0.1) is 0 Å². The number of halogens is 1. The summed E-state index contributed by atoms with van der Waals surface area (Å²) >= 11 is 6.41. The van der Waals surface area contributed by atoms with Crippen LogP contribution in [0.15, 0.2) is 77.7 Å². The monoisotopic (exact) mass is 541 g/mol. The molecule has 37 heavy (non-hydrogen) atoms. The molecule has 0 aliphatic rings. The van der Waals surface area contributed by atoms with Crippen molar-refractivity contribution < 1.29 is 18.0 Å². The van der Waals surface area contributed by atoms with Gasteiger partial charge in [0.15, 0.2) is 0 Å². The predicted molar refractivity (Wildman–Crippen MR) is 147 cm³/mol. The minimum absolute atomic E-state index is 0.0352. The molecule has 2 amide bonds. The predicted octanol–water partition coefficient (Wildman–Crippen LogP) is 4.71. The standard InChI is InChI=1S/C28H32ClN3O4S/c1-5-30-28(34)22(4)31(18-23-11-7-6-10-21(23)3)27(33)19-32(26-13-9-8-12-25(26)29)37(35,36)24-16-14-20(2)15-17-24/h6-17,22H,5,18-19H2,1-4H3,(H,30,34). The second-order valence-electron chi connectivity index (χ2n) is 8.79. The van der Waals surface area contributed by atoms with E-state index in [9.17, 15) is 18.0 Å². The highest BCUT2D eigenvalue weighted by atomic mass is 35.5. The maximum absolute atomic E-state index is 13.8. The summed E-state index contributed by atoms with van der Waals surface area (Å²) in [4.78, 5) is 28.0. The molecular weight excluding hydrogens is 510 g/mol. The zero-order chi connectivity index (χ0) is 27.2. The number of nitrogens with zero attached hydrogens (tertiary/aromatic N) is 2. The Bertz CT molecular complexity index is 1360. The summed E-state index contributed by atoms with van der Waals surface area (Å²) in [6, 6.07) is 19.6. The number of hydrogen-bond donors (Lipinski definition) is 1. The highest BCUT2D eigenvalue weighted by Gasteiger charge is 2.33. The molecule has 0 bridgehead atoms. The first kappa shape index (κ1) is 28.2. The number of carbonyl (C=O) groups is 2. The number of rotatable bonds is 10. The highest BCUT2D eigenvalue weighted by molar-refractivity contribution is 7.92. The fraction of sp³-hybridized carbons (Fsp3) is 0.286. The van der Waals surface area contributed by atoms with Crippen molar-refractivity contribution in [2.24, 2.45) is 0 Å². The lowest BCUT2D eigenvalue weighted by molar-refractivity contribution is -0.139. The first-order valence-corrected chi connectivity index (χ1v) is 13.8. The van der Waals surface area contributed by atoms with Crippen LogP contribution in [0.4, 0.5) is 5.69 Å². The molecule has 0 radical (unpaired) electrons. The first-order chi connectivity index (χ1) is 17.6. The molecule has 9 heteroatoms. The van der Waals surface area contributed by atoms with Crippen LogP contribution in [0, 0.1) is 13.8 Å². The molecule has 0 spiro atoms. The smallest absolute Gasteiger partial charge is 0.264 e. The quantitative estimate of drug-likeness (QED) is 0.403. The molecular formula is C28H32ClN3O4S. The van der Waals surface area contributed by atoms with E-state index in [1.165, 1.54) is 17.0 Å². The van der Waals surface area contributed by atoms with Gasteiger partial charge in [-0.05, 0) is 63.1 Å². The third-order valence-electron chi connectivity index (χ3n) is 6.13. The molecule has 0 saturated heterocycles. The molecule has 3 aromatic rings. The van der Waals surface area contributed by atoms with E-state index in [1.807, 2.05) is 38.1 Å². The number of aryl methyl sites for hydroxylation is 2. The van der Waals surface area contributed by atoms with Crippen molar-refractivity contribution in [2.45, 2.75) is 45.2 Å². The fourth-order valence-corrected chi connectivity index (χ4v) is 5.60. The third kappa shape index (κ3) is 6.70. The van der Waals surface area contributed by atoms with E-state index < -0.39 is 28.5 Å². The summed E-state index contributed by atoms with van der Waals surface area (Å²) in [5.74, 6) is -0.854. The van der Waals surface area contributed by atoms with Crippen LogP contribution < -0.4 is 9.62 Å². The van der Waals surface area contributed by atoms with Gasteiger partial charge in [-0.1, -0.05) is 65.7 Å². The molecule has 0 fully saturated rings. The lowest BCUT2D eigenvalue weighted by Gasteiger charge is -2.32. The molecule has 0 aliphatic heterocycles. The van der Waals surface area contributed by atoms with Gasteiger partial charge >= 0.3 is 0 Å². The number of nitrogens with one attached hydrogen (secondary N) is 1. The van der Waals surface area contributed by atoms with Crippen LogP contribution in [-0.4, -0.2) is 44.3 Å². The Balaban J connectivity index is 2.05. The number of anilines is 1. The van der Waals surface area contributed by atoms with E-state index in [0.29, 0.717) is 6.54 Å². The van der Waals surface area contributed by atoms with Gasteiger partial charge < -0.3 is 10.2 Å². The Morgan fingerprint density at radius 1 is 0.946 bits per heavy atom. The van der Waals surface area contributed by atoms with E-state index in [4.69, 9.17) is 11.6 Å². The second kappa shape index (κ2) is 12.3. The zero-order valence-electron chi connectivity index (χ0n) is 21.4. The van der Waals surface area contributed by atoms with Crippen LogP contribution in [0.2, 0.25) is 5.02 Å². The highest BCUT2D eigenvalue weighted by Crippen LogP contribution is 2.31. The topological polar surface area (TPSA) is 86.8 Å². The molecule has 7 nitrogen and oxygen atoms in total. The molecule has 0 aromatic heterocycles. The average Bonchev–Trinajstić information content (AvgIpc) is 2.87. The van der Waals surface area contributed by atoms with Gasteiger partial charge in [-0.2, -0.15) is 0 Å². The van der Waals surface area contributed by atoms with Gasteiger partial charge in [0.05, 0.1) is 15.6 Å². The van der Waals surface area contributed by atoms with Gasteiger partial charge in [0, 0.05) is 13.1 Å². The average molecular weight is 542 g/mol. The molecule has 0 aliphatic carbocycles. The summed E-state index contributed by atoms with van der Waals surface area (Å²) in [6.07, 6.45) is 0. The maximum atomic E-state index is 13.8. The normalized spacial score (nSPS) is 12.0. The number of amides is 2. The number of likely N-dealkylation sites (N-methyl/N-ethyl adjacent to an activating group) is 1. The third-order valence-corrected chi connectivity index (χ3v) is 8.22. The summed E-state index contributed by atoms with van der Waals surface area (Å²) in [5.41, 5.74) is 2.90. The Kier molecular flexibility index (Phi) is 9.34. The first-order valence-electron chi connectivity index (χ1n) is 12.0. The molecule has 196 valence electrons.